The number of ether oxygens (including phenoxy) is 1. The first-order chi connectivity index (χ1) is 10.3. The molecule has 2 nitrogen and oxygen atoms in total. The van der Waals surface area contributed by atoms with Gasteiger partial charge in [-0.1, -0.05) is 55.8 Å². The second kappa shape index (κ2) is 6.30. The summed E-state index contributed by atoms with van der Waals surface area (Å²) in [6.07, 6.45) is 5.31. The molecule has 0 amide bonds. The van der Waals surface area contributed by atoms with Crippen LogP contribution in [0.5, 0.6) is 0 Å². The van der Waals surface area contributed by atoms with Gasteiger partial charge in [0.25, 0.3) is 0 Å². The lowest BCUT2D eigenvalue weighted by Gasteiger charge is -2.35. The Morgan fingerprint density at radius 2 is 1.86 bits per heavy atom. The molecule has 0 radical (unpaired) electrons. The number of fused-ring (bicyclic) bond motifs is 1. The predicted octanol–water partition coefficient (Wildman–Crippen LogP) is 4.50. The molecule has 2 heteroatoms. The maximum atomic E-state index is 11.5. The molecule has 0 bridgehead atoms. The Kier molecular flexibility index (Phi) is 4.23. The molecule has 1 saturated heterocycles. The van der Waals surface area contributed by atoms with Crippen molar-refractivity contribution in [3.8, 4) is 0 Å². The fourth-order valence-corrected chi connectivity index (χ4v) is 3.17. The number of cyclic esters (lactones) is 1. The van der Waals surface area contributed by atoms with Gasteiger partial charge in [-0.25, -0.2) is 0 Å². The molecule has 110 valence electrons. The number of aryl methyl sites for hydroxylation is 1. The van der Waals surface area contributed by atoms with Gasteiger partial charge in [0.05, 0.1) is 5.92 Å². The van der Waals surface area contributed by atoms with E-state index in [0.717, 1.165) is 32.1 Å². The molecule has 21 heavy (non-hydrogen) atoms. The molecular formula is C19H22O2. The molecule has 2 unspecified atom stereocenters. The number of hydrogen-bond acceptors (Lipinski definition) is 2. The Labute approximate surface area is 126 Å². The van der Waals surface area contributed by atoms with E-state index in [9.17, 15) is 4.79 Å². The first-order valence-electron chi connectivity index (χ1n) is 7.96. The van der Waals surface area contributed by atoms with E-state index < -0.39 is 0 Å². The monoisotopic (exact) mass is 282 g/mol. The van der Waals surface area contributed by atoms with Gasteiger partial charge < -0.3 is 4.74 Å². The molecule has 0 N–H and O–H groups in total. The Hall–Kier alpha value is -1.83. The van der Waals surface area contributed by atoms with E-state index in [0.29, 0.717) is 0 Å². The van der Waals surface area contributed by atoms with Gasteiger partial charge in [-0.15, -0.1) is 0 Å². The van der Waals surface area contributed by atoms with Crippen LogP contribution < -0.4 is 0 Å². The summed E-state index contributed by atoms with van der Waals surface area (Å²) in [5, 5.41) is 2.58. The standard InChI is InChI=1S/C19H22O2/c1-2-6-18-17(19(20)21-18)10-5-7-14-11-12-15-8-3-4-9-16(15)13-14/h3-4,8-9,11-13,17-18H,2,5-7,10H2,1H3. The van der Waals surface area contributed by atoms with Crippen molar-refractivity contribution in [1.82, 2.24) is 0 Å². The van der Waals surface area contributed by atoms with Crippen molar-refractivity contribution in [3.05, 3.63) is 48.0 Å². The molecule has 0 saturated carbocycles. The lowest BCUT2D eigenvalue weighted by atomic mass is 9.88. The van der Waals surface area contributed by atoms with Gasteiger partial charge in [0.15, 0.2) is 0 Å². The summed E-state index contributed by atoms with van der Waals surface area (Å²) >= 11 is 0. The van der Waals surface area contributed by atoms with Crippen LogP contribution in [0.1, 0.15) is 38.2 Å². The largest absolute Gasteiger partial charge is 0.461 e. The molecule has 1 aliphatic heterocycles. The second-order valence-corrected chi connectivity index (χ2v) is 5.94. The van der Waals surface area contributed by atoms with Crippen LogP contribution in [0.4, 0.5) is 0 Å². The Morgan fingerprint density at radius 3 is 2.62 bits per heavy atom. The zero-order valence-corrected chi connectivity index (χ0v) is 12.5. The van der Waals surface area contributed by atoms with Crippen LogP contribution >= 0.6 is 0 Å². The molecule has 0 aliphatic carbocycles. The lowest BCUT2D eigenvalue weighted by Crippen LogP contribution is -2.44. The number of rotatable bonds is 6. The molecular weight excluding hydrogens is 260 g/mol. The quantitative estimate of drug-likeness (QED) is 0.729. The van der Waals surface area contributed by atoms with E-state index >= 15 is 0 Å². The van der Waals surface area contributed by atoms with Crippen molar-refractivity contribution in [2.75, 3.05) is 0 Å². The van der Waals surface area contributed by atoms with E-state index in [-0.39, 0.29) is 18.0 Å². The molecule has 1 fully saturated rings. The van der Waals surface area contributed by atoms with Gasteiger partial charge in [-0.05, 0) is 42.0 Å². The summed E-state index contributed by atoms with van der Waals surface area (Å²) in [6, 6.07) is 15.1. The van der Waals surface area contributed by atoms with E-state index in [1.807, 2.05) is 0 Å². The van der Waals surface area contributed by atoms with Crippen LogP contribution in [-0.4, -0.2) is 12.1 Å². The van der Waals surface area contributed by atoms with Crippen LogP contribution in [0.3, 0.4) is 0 Å². The van der Waals surface area contributed by atoms with E-state index in [2.05, 4.69) is 49.4 Å². The minimum atomic E-state index is 0.00645. The zero-order chi connectivity index (χ0) is 14.7. The first-order valence-corrected chi connectivity index (χ1v) is 7.96. The average Bonchev–Trinajstić information content (AvgIpc) is 2.51. The number of benzene rings is 2. The summed E-state index contributed by atoms with van der Waals surface area (Å²) in [5.74, 6) is 0.150. The molecule has 2 atom stereocenters. The highest BCUT2D eigenvalue weighted by Crippen LogP contribution is 2.30. The first kappa shape index (κ1) is 14.1. The highest BCUT2D eigenvalue weighted by atomic mass is 16.6. The highest BCUT2D eigenvalue weighted by Gasteiger charge is 2.40. The van der Waals surface area contributed by atoms with Crippen molar-refractivity contribution in [3.63, 3.8) is 0 Å². The number of esters is 1. The third-order valence-electron chi connectivity index (χ3n) is 4.39. The van der Waals surface area contributed by atoms with Crippen LogP contribution in [0.2, 0.25) is 0 Å². The third kappa shape index (κ3) is 3.10. The maximum Gasteiger partial charge on any atom is 0.313 e. The van der Waals surface area contributed by atoms with Gasteiger partial charge in [0.1, 0.15) is 6.10 Å². The van der Waals surface area contributed by atoms with Crippen LogP contribution in [0.15, 0.2) is 42.5 Å². The van der Waals surface area contributed by atoms with Crippen molar-refractivity contribution >= 4 is 16.7 Å². The molecule has 1 heterocycles. The van der Waals surface area contributed by atoms with E-state index in [4.69, 9.17) is 4.74 Å². The fourth-order valence-electron chi connectivity index (χ4n) is 3.17. The Morgan fingerprint density at radius 1 is 1.05 bits per heavy atom. The topological polar surface area (TPSA) is 26.3 Å². The molecule has 3 rings (SSSR count). The predicted molar refractivity (Wildman–Crippen MR) is 85.2 cm³/mol. The molecule has 0 aromatic heterocycles. The van der Waals surface area contributed by atoms with Gasteiger partial charge in [0.2, 0.25) is 0 Å². The minimum absolute atomic E-state index is 0.00645. The van der Waals surface area contributed by atoms with Gasteiger partial charge >= 0.3 is 5.97 Å². The zero-order valence-electron chi connectivity index (χ0n) is 12.5. The van der Waals surface area contributed by atoms with Crippen LogP contribution in [-0.2, 0) is 16.0 Å². The Balaban J connectivity index is 1.55. The smallest absolute Gasteiger partial charge is 0.313 e. The van der Waals surface area contributed by atoms with Crippen molar-refractivity contribution in [2.24, 2.45) is 5.92 Å². The van der Waals surface area contributed by atoms with E-state index in [1.165, 1.54) is 16.3 Å². The number of carbonyl (C=O) groups is 1. The molecule has 0 spiro atoms. The molecule has 1 aliphatic rings. The summed E-state index contributed by atoms with van der Waals surface area (Å²) in [6.45, 7) is 2.14. The Bertz CT molecular complexity index is 632. The third-order valence-corrected chi connectivity index (χ3v) is 4.39. The minimum Gasteiger partial charge on any atom is -0.461 e. The van der Waals surface area contributed by atoms with Gasteiger partial charge in [-0.3, -0.25) is 4.79 Å². The van der Waals surface area contributed by atoms with E-state index in [1.54, 1.807) is 0 Å². The fraction of sp³-hybridized carbons (Fsp3) is 0.421. The number of hydrogen-bond donors (Lipinski definition) is 0. The summed E-state index contributed by atoms with van der Waals surface area (Å²) in [4.78, 5) is 11.5. The summed E-state index contributed by atoms with van der Waals surface area (Å²) < 4.78 is 5.21. The van der Waals surface area contributed by atoms with Gasteiger partial charge in [-0.2, -0.15) is 0 Å². The highest BCUT2D eigenvalue weighted by molar-refractivity contribution is 5.83. The summed E-state index contributed by atoms with van der Waals surface area (Å²) in [5.41, 5.74) is 1.36. The van der Waals surface area contributed by atoms with Crippen LogP contribution in [0.25, 0.3) is 10.8 Å². The SMILES string of the molecule is CCCC1OC(=O)C1CCCc1ccc2ccccc2c1. The number of carbonyl (C=O) groups excluding carboxylic acids is 1. The second-order valence-electron chi connectivity index (χ2n) is 5.94. The normalized spacial score (nSPS) is 21.1. The lowest BCUT2D eigenvalue weighted by molar-refractivity contribution is -0.186. The average molecular weight is 282 g/mol. The van der Waals surface area contributed by atoms with Gasteiger partial charge in [0, 0.05) is 0 Å². The maximum absolute atomic E-state index is 11.5. The molecule has 2 aromatic rings. The van der Waals surface area contributed by atoms with Crippen molar-refractivity contribution in [2.45, 2.75) is 45.1 Å². The molecule has 2 aromatic carbocycles. The van der Waals surface area contributed by atoms with Crippen LogP contribution in [0, 0.1) is 5.92 Å². The van der Waals surface area contributed by atoms with Crippen molar-refractivity contribution < 1.29 is 9.53 Å². The van der Waals surface area contributed by atoms with Crippen molar-refractivity contribution in [1.29, 1.82) is 0 Å². The summed E-state index contributed by atoms with van der Waals surface area (Å²) in [7, 11) is 0.